The minimum Gasteiger partial charge on any atom is -0.493 e. The molecule has 1 N–H and O–H groups in total. The lowest BCUT2D eigenvalue weighted by Crippen LogP contribution is -2.25. The van der Waals surface area contributed by atoms with Crippen molar-refractivity contribution in [2.45, 2.75) is 33.4 Å². The highest BCUT2D eigenvalue weighted by atomic mass is 16.5. The molecule has 194 valence electrons. The number of aryl methyl sites for hydroxylation is 3. The van der Waals surface area contributed by atoms with E-state index in [2.05, 4.69) is 35.9 Å². The second-order valence-corrected chi connectivity index (χ2v) is 8.74. The van der Waals surface area contributed by atoms with Crippen molar-refractivity contribution < 1.29 is 23.7 Å². The maximum Gasteiger partial charge on any atom is 0.251 e. The number of nitrogens with zero attached hydrogens (tertiary/aromatic N) is 2. The zero-order valence-electron chi connectivity index (χ0n) is 22.0. The molecule has 8 nitrogen and oxygen atoms in total. The zero-order valence-corrected chi connectivity index (χ0v) is 22.0. The molecule has 0 spiro atoms. The van der Waals surface area contributed by atoms with Crippen LogP contribution in [0.2, 0.25) is 0 Å². The standard InChI is InChI=1S/C29H33N3O5/c1-19-11-12-24(20(2)15-19)37-14-8-13-32-23-10-7-6-9-22(23)31-27(32)18-30-29(33)21-16-25(34-3)28(36-5)26(17-21)35-4/h6-7,9-12,15-17H,8,13-14,18H2,1-5H3,(H,30,33). The minimum atomic E-state index is -0.268. The first-order valence-corrected chi connectivity index (χ1v) is 12.2. The summed E-state index contributed by atoms with van der Waals surface area (Å²) in [5, 5.41) is 2.98. The molecule has 0 bridgehead atoms. The summed E-state index contributed by atoms with van der Waals surface area (Å²) in [4.78, 5) is 17.8. The van der Waals surface area contributed by atoms with Crippen LogP contribution in [0.5, 0.6) is 23.0 Å². The van der Waals surface area contributed by atoms with Crippen LogP contribution in [-0.4, -0.2) is 43.4 Å². The molecule has 0 aliphatic carbocycles. The highest BCUT2D eigenvalue weighted by Crippen LogP contribution is 2.38. The summed E-state index contributed by atoms with van der Waals surface area (Å²) in [5.41, 5.74) is 4.65. The van der Waals surface area contributed by atoms with Crippen molar-refractivity contribution in [1.82, 2.24) is 14.9 Å². The molecule has 0 fully saturated rings. The van der Waals surface area contributed by atoms with E-state index in [0.717, 1.165) is 34.6 Å². The molecule has 0 aliphatic heterocycles. The summed E-state index contributed by atoms with van der Waals surface area (Å²) in [6.45, 7) is 5.68. The third-order valence-electron chi connectivity index (χ3n) is 6.18. The molecule has 37 heavy (non-hydrogen) atoms. The Morgan fingerprint density at radius 1 is 0.919 bits per heavy atom. The molecule has 0 saturated carbocycles. The van der Waals surface area contributed by atoms with Gasteiger partial charge in [0, 0.05) is 12.1 Å². The molecule has 0 saturated heterocycles. The first kappa shape index (κ1) is 25.9. The van der Waals surface area contributed by atoms with E-state index in [1.54, 1.807) is 12.1 Å². The van der Waals surface area contributed by atoms with Crippen molar-refractivity contribution >= 4 is 16.9 Å². The molecule has 0 radical (unpaired) electrons. The molecule has 1 heterocycles. The zero-order chi connectivity index (χ0) is 26.4. The largest absolute Gasteiger partial charge is 0.493 e. The van der Waals surface area contributed by atoms with Crippen molar-refractivity contribution in [2.24, 2.45) is 0 Å². The smallest absolute Gasteiger partial charge is 0.251 e. The predicted octanol–water partition coefficient (Wildman–Crippen LogP) is 5.08. The normalized spacial score (nSPS) is 10.8. The van der Waals surface area contributed by atoms with Gasteiger partial charge in [-0.3, -0.25) is 4.79 Å². The van der Waals surface area contributed by atoms with Gasteiger partial charge in [-0.1, -0.05) is 29.8 Å². The van der Waals surface area contributed by atoms with Gasteiger partial charge in [0.15, 0.2) is 11.5 Å². The number of hydrogen-bond donors (Lipinski definition) is 1. The van der Waals surface area contributed by atoms with E-state index in [0.29, 0.717) is 36.0 Å². The van der Waals surface area contributed by atoms with Crippen molar-refractivity contribution in [2.75, 3.05) is 27.9 Å². The number of aromatic nitrogens is 2. The van der Waals surface area contributed by atoms with Gasteiger partial charge in [-0.2, -0.15) is 0 Å². The topological polar surface area (TPSA) is 83.8 Å². The molecular formula is C29H33N3O5. The van der Waals surface area contributed by atoms with Gasteiger partial charge in [-0.05, 0) is 56.2 Å². The summed E-state index contributed by atoms with van der Waals surface area (Å²) >= 11 is 0. The van der Waals surface area contributed by atoms with E-state index in [4.69, 9.17) is 23.9 Å². The van der Waals surface area contributed by atoms with E-state index < -0.39 is 0 Å². The Hall–Kier alpha value is -4.20. The fourth-order valence-electron chi connectivity index (χ4n) is 4.35. The summed E-state index contributed by atoms with van der Waals surface area (Å²) in [5.74, 6) is 2.68. The lowest BCUT2D eigenvalue weighted by molar-refractivity contribution is 0.0948. The van der Waals surface area contributed by atoms with Gasteiger partial charge in [-0.25, -0.2) is 4.98 Å². The van der Waals surface area contributed by atoms with Crippen LogP contribution < -0.4 is 24.3 Å². The number of carbonyl (C=O) groups is 1. The van der Waals surface area contributed by atoms with Crippen LogP contribution in [0, 0.1) is 13.8 Å². The van der Waals surface area contributed by atoms with Crippen molar-refractivity contribution in [3.8, 4) is 23.0 Å². The van der Waals surface area contributed by atoms with E-state index in [1.807, 2.05) is 30.3 Å². The Balaban J connectivity index is 1.47. The summed E-state index contributed by atoms with van der Waals surface area (Å²) in [6.07, 6.45) is 0.793. The molecule has 4 aromatic rings. The molecule has 0 aliphatic rings. The fraction of sp³-hybridized carbons (Fsp3) is 0.310. The van der Waals surface area contributed by atoms with Crippen molar-refractivity contribution in [1.29, 1.82) is 0 Å². The van der Waals surface area contributed by atoms with Crippen LogP contribution in [-0.2, 0) is 13.1 Å². The highest BCUT2D eigenvalue weighted by molar-refractivity contribution is 5.95. The predicted molar refractivity (Wildman–Crippen MR) is 143 cm³/mol. The molecular weight excluding hydrogens is 470 g/mol. The number of fused-ring (bicyclic) bond motifs is 1. The summed E-state index contributed by atoms with van der Waals surface area (Å²) < 4.78 is 24.3. The quantitative estimate of drug-likeness (QED) is 0.288. The third kappa shape index (κ3) is 5.80. The van der Waals surface area contributed by atoms with E-state index in [1.165, 1.54) is 26.9 Å². The molecule has 1 aromatic heterocycles. The number of hydrogen-bond acceptors (Lipinski definition) is 6. The van der Waals surface area contributed by atoms with Gasteiger partial charge in [-0.15, -0.1) is 0 Å². The number of benzene rings is 3. The molecule has 1 amide bonds. The van der Waals surface area contributed by atoms with Crippen molar-refractivity contribution in [3.05, 3.63) is 77.1 Å². The van der Waals surface area contributed by atoms with Crippen LogP contribution in [0.25, 0.3) is 11.0 Å². The van der Waals surface area contributed by atoms with Gasteiger partial charge in [0.1, 0.15) is 11.6 Å². The highest BCUT2D eigenvalue weighted by Gasteiger charge is 2.18. The Morgan fingerprint density at radius 2 is 1.65 bits per heavy atom. The number of nitrogens with one attached hydrogen (secondary N) is 1. The van der Waals surface area contributed by atoms with Gasteiger partial charge in [0.05, 0.1) is 45.5 Å². The Kier molecular flexibility index (Phi) is 8.18. The van der Waals surface area contributed by atoms with Crippen LogP contribution >= 0.6 is 0 Å². The number of carbonyl (C=O) groups excluding carboxylic acids is 1. The number of para-hydroxylation sites is 2. The van der Waals surface area contributed by atoms with Gasteiger partial charge in [0.2, 0.25) is 5.75 Å². The van der Waals surface area contributed by atoms with Gasteiger partial charge < -0.3 is 28.8 Å². The fourth-order valence-corrected chi connectivity index (χ4v) is 4.35. The Labute approximate surface area is 217 Å². The van der Waals surface area contributed by atoms with Gasteiger partial charge >= 0.3 is 0 Å². The van der Waals surface area contributed by atoms with E-state index in [-0.39, 0.29) is 12.5 Å². The number of amides is 1. The average Bonchev–Trinajstić information content (AvgIpc) is 3.27. The lowest BCUT2D eigenvalue weighted by atomic mass is 10.1. The summed E-state index contributed by atoms with van der Waals surface area (Å²) in [6, 6.07) is 17.4. The van der Waals surface area contributed by atoms with Crippen LogP contribution in [0.15, 0.2) is 54.6 Å². The number of imidazole rings is 1. The minimum absolute atomic E-state index is 0.266. The van der Waals surface area contributed by atoms with Crippen LogP contribution in [0.3, 0.4) is 0 Å². The van der Waals surface area contributed by atoms with E-state index in [9.17, 15) is 4.79 Å². The van der Waals surface area contributed by atoms with Crippen LogP contribution in [0.1, 0.15) is 33.7 Å². The molecule has 0 unspecified atom stereocenters. The number of methoxy groups -OCH3 is 3. The average molecular weight is 504 g/mol. The molecule has 0 atom stereocenters. The van der Waals surface area contributed by atoms with Gasteiger partial charge in [0.25, 0.3) is 5.91 Å². The Bertz CT molecular complexity index is 1370. The third-order valence-corrected chi connectivity index (χ3v) is 6.18. The SMILES string of the molecule is COc1cc(C(=O)NCc2nc3ccccc3n2CCCOc2ccc(C)cc2C)cc(OC)c1OC. The van der Waals surface area contributed by atoms with Crippen molar-refractivity contribution in [3.63, 3.8) is 0 Å². The second-order valence-electron chi connectivity index (χ2n) is 8.74. The molecule has 8 heteroatoms. The number of ether oxygens (including phenoxy) is 4. The number of rotatable bonds is 11. The maximum atomic E-state index is 13.0. The molecule has 3 aromatic carbocycles. The first-order chi connectivity index (χ1) is 17.9. The lowest BCUT2D eigenvalue weighted by Gasteiger charge is -2.14. The molecule has 4 rings (SSSR count). The summed E-state index contributed by atoms with van der Waals surface area (Å²) in [7, 11) is 4.56. The first-order valence-electron chi connectivity index (χ1n) is 12.2. The van der Waals surface area contributed by atoms with E-state index >= 15 is 0 Å². The second kappa shape index (κ2) is 11.7. The monoisotopic (exact) mass is 503 g/mol. The van der Waals surface area contributed by atoms with Crippen LogP contribution in [0.4, 0.5) is 0 Å². The maximum absolute atomic E-state index is 13.0. The Morgan fingerprint density at radius 3 is 2.32 bits per heavy atom.